The Morgan fingerprint density at radius 1 is 1.08 bits per heavy atom. The van der Waals surface area contributed by atoms with Gasteiger partial charge in [0.05, 0.1) is 0 Å². The van der Waals surface area contributed by atoms with Crippen LogP contribution in [0.3, 0.4) is 0 Å². The summed E-state index contributed by atoms with van der Waals surface area (Å²) in [4.78, 5) is 0. The highest BCUT2D eigenvalue weighted by atomic mass is 15.3. The van der Waals surface area contributed by atoms with Gasteiger partial charge in [0.15, 0.2) is 0 Å². The Bertz CT molecular complexity index is 311. The summed E-state index contributed by atoms with van der Waals surface area (Å²) in [7, 11) is 0. The predicted octanol–water partition coefficient (Wildman–Crippen LogP) is 1.32. The Kier molecular flexibility index (Phi) is 1.24. The van der Waals surface area contributed by atoms with E-state index in [9.17, 15) is 0 Å². The van der Waals surface area contributed by atoms with Crippen molar-refractivity contribution in [1.82, 2.24) is 5.43 Å². The molecule has 0 radical (unpaired) electrons. The minimum atomic E-state index is 0.301. The van der Waals surface area contributed by atoms with E-state index in [0.717, 1.165) is 0 Å². The van der Waals surface area contributed by atoms with E-state index in [1.807, 2.05) is 0 Å². The number of nitrogens with two attached hydrogens (primary N) is 1. The van der Waals surface area contributed by atoms with Crippen LogP contribution < -0.4 is 11.3 Å². The number of benzene rings is 1. The van der Waals surface area contributed by atoms with Crippen LogP contribution in [-0.4, -0.2) is 5.54 Å². The first-order chi connectivity index (χ1) is 6.29. The minimum Gasteiger partial charge on any atom is -0.271 e. The molecule has 2 nitrogen and oxygen atoms in total. The average molecular weight is 174 g/mol. The lowest BCUT2D eigenvalue weighted by Gasteiger charge is -2.70. The van der Waals surface area contributed by atoms with Gasteiger partial charge in [0.25, 0.3) is 0 Å². The standard InChI is InChI=1S/C11H14N2/c12-13-11-6-10(7-11,8-11)9-4-2-1-3-5-9/h1-5,13H,6-8,12H2. The number of rotatable bonds is 2. The lowest BCUT2D eigenvalue weighted by molar-refractivity contribution is -0.0882. The van der Waals surface area contributed by atoms with Crippen molar-refractivity contribution in [3.05, 3.63) is 35.9 Å². The lowest BCUT2D eigenvalue weighted by Crippen LogP contribution is -2.77. The van der Waals surface area contributed by atoms with Crippen molar-refractivity contribution in [2.75, 3.05) is 0 Å². The van der Waals surface area contributed by atoms with E-state index in [4.69, 9.17) is 5.84 Å². The number of hydrazine groups is 1. The summed E-state index contributed by atoms with van der Waals surface area (Å²) in [6.45, 7) is 0. The third-order valence-corrected chi connectivity index (χ3v) is 3.72. The van der Waals surface area contributed by atoms with Crippen molar-refractivity contribution < 1.29 is 0 Å². The zero-order chi connectivity index (χ0) is 8.94. The smallest absolute Gasteiger partial charge is 0.0346 e. The largest absolute Gasteiger partial charge is 0.271 e. The first-order valence-corrected chi connectivity index (χ1v) is 4.82. The minimum absolute atomic E-state index is 0.301. The highest BCUT2D eigenvalue weighted by Gasteiger charge is 2.67. The molecule has 68 valence electrons. The van der Waals surface area contributed by atoms with Crippen LogP contribution in [0.15, 0.2) is 30.3 Å². The molecular formula is C11H14N2. The molecule has 1 aromatic rings. The Labute approximate surface area is 78.1 Å². The van der Waals surface area contributed by atoms with Crippen LogP contribution in [0.4, 0.5) is 0 Å². The van der Waals surface area contributed by atoms with Crippen LogP contribution in [0.5, 0.6) is 0 Å². The van der Waals surface area contributed by atoms with Gasteiger partial charge in [-0.25, -0.2) is 0 Å². The van der Waals surface area contributed by atoms with Crippen LogP contribution in [0, 0.1) is 0 Å². The molecule has 3 saturated carbocycles. The van der Waals surface area contributed by atoms with E-state index in [2.05, 4.69) is 35.8 Å². The van der Waals surface area contributed by atoms with Crippen molar-refractivity contribution in [2.45, 2.75) is 30.2 Å². The molecule has 0 spiro atoms. The molecule has 4 rings (SSSR count). The SMILES string of the molecule is NNC12CC(c3ccccc3)(C1)C2. The summed E-state index contributed by atoms with van der Waals surface area (Å²) < 4.78 is 0. The Morgan fingerprint density at radius 3 is 2.23 bits per heavy atom. The van der Waals surface area contributed by atoms with Gasteiger partial charge in [-0.1, -0.05) is 30.3 Å². The third kappa shape index (κ3) is 0.798. The molecule has 2 heteroatoms. The van der Waals surface area contributed by atoms with Crippen LogP contribution >= 0.6 is 0 Å². The zero-order valence-corrected chi connectivity index (χ0v) is 7.59. The van der Waals surface area contributed by atoms with Crippen molar-refractivity contribution in [1.29, 1.82) is 0 Å². The Morgan fingerprint density at radius 2 is 1.69 bits per heavy atom. The summed E-state index contributed by atoms with van der Waals surface area (Å²) in [5.74, 6) is 5.49. The quantitative estimate of drug-likeness (QED) is 0.524. The van der Waals surface area contributed by atoms with Gasteiger partial charge in [-0.15, -0.1) is 0 Å². The normalized spacial score (nSPS) is 40.7. The Balaban J connectivity index is 1.85. The predicted molar refractivity (Wildman–Crippen MR) is 52.0 cm³/mol. The molecule has 0 amide bonds. The highest BCUT2D eigenvalue weighted by molar-refractivity contribution is 5.41. The molecule has 3 fully saturated rings. The maximum atomic E-state index is 5.49. The second kappa shape index (κ2) is 2.14. The Hall–Kier alpha value is -0.860. The van der Waals surface area contributed by atoms with Crippen molar-refractivity contribution in [3.63, 3.8) is 0 Å². The second-order valence-electron chi connectivity index (χ2n) is 4.60. The molecule has 0 atom stereocenters. The maximum absolute atomic E-state index is 5.49. The lowest BCUT2D eigenvalue weighted by atomic mass is 9.38. The molecule has 0 aliphatic heterocycles. The van der Waals surface area contributed by atoms with Gasteiger partial charge in [-0.2, -0.15) is 0 Å². The van der Waals surface area contributed by atoms with E-state index >= 15 is 0 Å². The summed E-state index contributed by atoms with van der Waals surface area (Å²) in [5, 5.41) is 0. The molecule has 3 aliphatic carbocycles. The fourth-order valence-electron chi connectivity index (χ4n) is 3.04. The van der Waals surface area contributed by atoms with E-state index in [-0.39, 0.29) is 0 Å². The van der Waals surface area contributed by atoms with Gasteiger partial charge in [0.1, 0.15) is 0 Å². The van der Waals surface area contributed by atoms with Gasteiger partial charge < -0.3 is 0 Å². The van der Waals surface area contributed by atoms with E-state index in [1.54, 1.807) is 0 Å². The van der Waals surface area contributed by atoms with Crippen molar-refractivity contribution >= 4 is 0 Å². The van der Waals surface area contributed by atoms with Crippen molar-refractivity contribution in [2.24, 2.45) is 5.84 Å². The van der Waals surface area contributed by atoms with Gasteiger partial charge in [0, 0.05) is 11.0 Å². The van der Waals surface area contributed by atoms with Crippen LogP contribution in [0.1, 0.15) is 24.8 Å². The maximum Gasteiger partial charge on any atom is 0.0346 e. The number of hydrogen-bond acceptors (Lipinski definition) is 2. The molecule has 0 aromatic heterocycles. The molecule has 3 aliphatic rings. The monoisotopic (exact) mass is 174 g/mol. The first-order valence-electron chi connectivity index (χ1n) is 4.82. The van der Waals surface area contributed by atoms with E-state index in [0.29, 0.717) is 11.0 Å². The van der Waals surface area contributed by atoms with Gasteiger partial charge >= 0.3 is 0 Å². The highest BCUT2D eigenvalue weighted by Crippen LogP contribution is 2.67. The fraction of sp³-hybridized carbons (Fsp3) is 0.455. The number of hydrogen-bond donors (Lipinski definition) is 2. The van der Waals surface area contributed by atoms with E-state index in [1.165, 1.54) is 24.8 Å². The van der Waals surface area contributed by atoms with Gasteiger partial charge in [-0.3, -0.25) is 11.3 Å². The van der Waals surface area contributed by atoms with Crippen LogP contribution in [-0.2, 0) is 5.41 Å². The summed E-state index contributed by atoms with van der Waals surface area (Å²) in [6.07, 6.45) is 3.67. The average Bonchev–Trinajstić information content (AvgIpc) is 2.02. The zero-order valence-electron chi connectivity index (χ0n) is 7.59. The molecule has 1 aromatic carbocycles. The molecule has 2 bridgehead atoms. The third-order valence-electron chi connectivity index (χ3n) is 3.72. The molecule has 0 unspecified atom stereocenters. The summed E-state index contributed by atoms with van der Waals surface area (Å²) >= 11 is 0. The molecule has 3 N–H and O–H groups in total. The number of nitrogens with one attached hydrogen (secondary N) is 1. The summed E-state index contributed by atoms with van der Waals surface area (Å²) in [6, 6.07) is 10.8. The molecule has 13 heavy (non-hydrogen) atoms. The first kappa shape index (κ1) is 7.54. The van der Waals surface area contributed by atoms with Crippen LogP contribution in [0.25, 0.3) is 0 Å². The second-order valence-corrected chi connectivity index (χ2v) is 4.60. The van der Waals surface area contributed by atoms with Gasteiger partial charge in [-0.05, 0) is 24.8 Å². The van der Waals surface area contributed by atoms with Crippen LogP contribution in [0.2, 0.25) is 0 Å². The van der Waals surface area contributed by atoms with Crippen molar-refractivity contribution in [3.8, 4) is 0 Å². The molecule has 0 saturated heterocycles. The topological polar surface area (TPSA) is 38.0 Å². The summed E-state index contributed by atoms with van der Waals surface area (Å²) in [5.41, 5.74) is 5.21. The fourth-order valence-corrected chi connectivity index (χ4v) is 3.04. The molecular weight excluding hydrogens is 160 g/mol. The molecule has 0 heterocycles. The van der Waals surface area contributed by atoms with Gasteiger partial charge in [0.2, 0.25) is 0 Å². The van der Waals surface area contributed by atoms with E-state index < -0.39 is 0 Å².